The molecule has 0 aromatic carbocycles. The molecule has 16 aliphatic carbocycles. The van der Waals surface area contributed by atoms with E-state index in [1.807, 2.05) is 0 Å². The largest absolute Gasteiger partial charge is 0.368 e. The second-order valence-corrected chi connectivity index (χ2v) is 24.2. The van der Waals surface area contributed by atoms with Crippen LogP contribution in [0.25, 0.3) is 0 Å². The maximum absolute atomic E-state index is 8.80. The van der Waals surface area contributed by atoms with Crippen LogP contribution in [-0.2, 0) is 14.2 Å². The molecule has 18 aliphatic rings. The Bertz CT molecular complexity index is 1180. The summed E-state index contributed by atoms with van der Waals surface area (Å²) in [5.74, 6) is 11.7. The molecule has 49 heavy (non-hydrogen) atoms. The van der Waals surface area contributed by atoms with Crippen LogP contribution in [0.5, 0.6) is 0 Å². The van der Waals surface area contributed by atoms with Crippen molar-refractivity contribution in [2.45, 2.75) is 178 Å². The lowest BCUT2D eigenvalue weighted by atomic mass is 9.41. The molecule has 4 unspecified atom stereocenters. The van der Waals surface area contributed by atoms with E-state index in [9.17, 15) is 0 Å². The highest BCUT2D eigenvalue weighted by molar-refractivity contribution is 5.27. The van der Waals surface area contributed by atoms with Gasteiger partial charge in [0.05, 0.1) is 25.4 Å². The van der Waals surface area contributed by atoms with Gasteiger partial charge in [0.25, 0.3) is 0 Å². The van der Waals surface area contributed by atoms with Gasteiger partial charge in [0, 0.05) is 21.7 Å². The van der Waals surface area contributed by atoms with Crippen molar-refractivity contribution in [3.8, 4) is 0 Å². The molecule has 2 aliphatic heterocycles. The first-order valence-corrected chi connectivity index (χ1v) is 22.8. The van der Waals surface area contributed by atoms with E-state index in [2.05, 4.69) is 0 Å². The van der Waals surface area contributed by atoms with E-state index >= 15 is 0 Å². The summed E-state index contributed by atoms with van der Waals surface area (Å²) >= 11 is 0. The highest BCUT2D eigenvalue weighted by Gasteiger charge is 2.79. The fourth-order valence-corrected chi connectivity index (χ4v) is 21.5. The van der Waals surface area contributed by atoms with Crippen molar-refractivity contribution in [1.82, 2.24) is 0 Å². The molecule has 2 saturated heterocycles. The van der Waals surface area contributed by atoms with Gasteiger partial charge < -0.3 is 14.2 Å². The predicted molar refractivity (Wildman–Crippen MR) is 188 cm³/mol. The molecule has 18 rings (SSSR count). The van der Waals surface area contributed by atoms with Crippen molar-refractivity contribution in [1.29, 1.82) is 0 Å². The molecular formula is C46H66O3. The molecule has 0 aromatic rings. The van der Waals surface area contributed by atoms with Crippen LogP contribution >= 0.6 is 0 Å². The molecule has 4 atom stereocenters. The maximum Gasteiger partial charge on any atom is 0.124 e. The van der Waals surface area contributed by atoms with Crippen molar-refractivity contribution in [2.24, 2.45) is 92.7 Å². The normalized spacial score (nSPS) is 66.1. The van der Waals surface area contributed by atoms with Gasteiger partial charge in [-0.25, -0.2) is 0 Å². The maximum atomic E-state index is 8.80. The Labute approximate surface area is 296 Å². The topological polar surface area (TPSA) is 34.3 Å². The van der Waals surface area contributed by atoms with Crippen molar-refractivity contribution < 1.29 is 14.2 Å². The molecule has 0 spiro atoms. The van der Waals surface area contributed by atoms with E-state index in [-0.39, 0.29) is 11.2 Å². The molecule has 0 radical (unpaired) electrons. The van der Waals surface area contributed by atoms with Crippen LogP contribution in [0, 0.1) is 92.7 Å². The fraction of sp³-hybridized carbons (Fsp3) is 1.00. The zero-order valence-electron chi connectivity index (χ0n) is 30.7. The Kier molecular flexibility index (Phi) is 5.50. The molecule has 16 bridgehead atoms. The average molecular weight is 667 g/mol. The molecule has 16 saturated carbocycles. The lowest BCUT2D eigenvalue weighted by Gasteiger charge is -2.67. The Morgan fingerprint density at radius 3 is 0.735 bits per heavy atom. The first kappa shape index (κ1) is 29.3. The lowest BCUT2D eigenvalue weighted by Crippen LogP contribution is -2.69. The Morgan fingerprint density at radius 1 is 0.327 bits per heavy atom. The van der Waals surface area contributed by atoms with Crippen LogP contribution in [0.4, 0.5) is 0 Å². The molecule has 18 fully saturated rings. The van der Waals surface area contributed by atoms with Crippen LogP contribution < -0.4 is 0 Å². The van der Waals surface area contributed by atoms with Gasteiger partial charge in [-0.2, -0.15) is 0 Å². The molecular weight excluding hydrogens is 601 g/mol. The minimum atomic E-state index is 0.00672. The summed E-state index contributed by atoms with van der Waals surface area (Å²) in [7, 11) is 0. The van der Waals surface area contributed by atoms with Crippen LogP contribution in [0.2, 0.25) is 0 Å². The van der Waals surface area contributed by atoms with E-state index in [0.29, 0.717) is 33.9 Å². The van der Waals surface area contributed by atoms with E-state index in [1.54, 1.807) is 0 Å². The highest BCUT2D eigenvalue weighted by Crippen LogP contribution is 2.76. The standard InChI is InChI=1S/C46H66O3/c1-27-2-29-3-28(1)14-41(13-27,15-29)39(45(25-47-45)43-19-33-7-34(20-43)9-35(8-33)21-43)49-40(42-16-30-4-31(17-42)6-32(5-30)18-42)46(26-48-46)44-22-36-10-37(23-44)12-38(11-36)24-44/h27-40H,1-26H2. The number of epoxide rings is 2. The lowest BCUT2D eigenvalue weighted by molar-refractivity contribution is -0.275. The first-order chi connectivity index (χ1) is 23.8. The van der Waals surface area contributed by atoms with Gasteiger partial charge in [0.1, 0.15) is 11.2 Å². The zero-order valence-corrected chi connectivity index (χ0v) is 30.7. The van der Waals surface area contributed by atoms with Crippen LogP contribution in [-0.4, -0.2) is 36.6 Å². The van der Waals surface area contributed by atoms with Crippen molar-refractivity contribution in [3.63, 3.8) is 0 Å². The molecule has 3 heteroatoms. The number of rotatable bonds is 8. The van der Waals surface area contributed by atoms with Crippen molar-refractivity contribution in [3.05, 3.63) is 0 Å². The van der Waals surface area contributed by atoms with E-state index in [1.165, 1.54) is 154 Å². The summed E-state index contributed by atoms with van der Waals surface area (Å²) in [5.41, 5.74) is 1.55. The minimum Gasteiger partial charge on any atom is -0.368 e. The molecule has 268 valence electrons. The Balaban J connectivity index is 0.933. The summed E-state index contributed by atoms with van der Waals surface area (Å²) in [6, 6.07) is 0. The third-order valence-corrected chi connectivity index (χ3v) is 21.2. The van der Waals surface area contributed by atoms with Crippen LogP contribution in [0.3, 0.4) is 0 Å². The molecule has 0 amide bonds. The van der Waals surface area contributed by atoms with Crippen molar-refractivity contribution >= 4 is 0 Å². The van der Waals surface area contributed by atoms with Gasteiger partial charge in [-0.15, -0.1) is 0 Å². The fourth-order valence-electron chi connectivity index (χ4n) is 21.5. The Hall–Kier alpha value is -0.120. The summed E-state index contributed by atoms with van der Waals surface area (Å²) in [5, 5.41) is 0. The van der Waals surface area contributed by atoms with E-state index in [4.69, 9.17) is 14.2 Å². The monoisotopic (exact) mass is 667 g/mol. The number of ether oxygens (including phenoxy) is 3. The summed E-state index contributed by atoms with van der Waals surface area (Å²) in [6.07, 6.45) is 36.8. The summed E-state index contributed by atoms with van der Waals surface area (Å²) in [6.45, 7) is 2.06. The number of hydrogen-bond donors (Lipinski definition) is 0. The molecule has 0 aromatic heterocycles. The van der Waals surface area contributed by atoms with E-state index < -0.39 is 0 Å². The quantitative estimate of drug-likeness (QED) is 0.242. The number of hydrogen-bond acceptors (Lipinski definition) is 3. The van der Waals surface area contributed by atoms with Crippen molar-refractivity contribution in [2.75, 3.05) is 13.2 Å². The van der Waals surface area contributed by atoms with Gasteiger partial charge >= 0.3 is 0 Å². The van der Waals surface area contributed by atoms with Gasteiger partial charge in [-0.3, -0.25) is 0 Å². The SMILES string of the molecule is C1C2CC3CC1CC(C(OC(C14CC5CC(CC(C5)C1)C4)C1(C45CC6CC(CC(C6)C4)C5)CO1)C1(C45CC6CC(CC(C6)C4)C5)CO1)(C2)C3. The van der Waals surface area contributed by atoms with E-state index in [0.717, 1.165) is 84.2 Å². The minimum absolute atomic E-state index is 0.00672. The second kappa shape index (κ2) is 9.21. The summed E-state index contributed by atoms with van der Waals surface area (Å²) in [4.78, 5) is 0. The van der Waals surface area contributed by atoms with Gasteiger partial charge in [0.15, 0.2) is 0 Å². The molecule has 2 heterocycles. The van der Waals surface area contributed by atoms with Gasteiger partial charge in [-0.05, 0) is 225 Å². The zero-order chi connectivity index (χ0) is 31.6. The van der Waals surface area contributed by atoms with Crippen LogP contribution in [0.15, 0.2) is 0 Å². The molecule has 3 nitrogen and oxygen atoms in total. The second-order valence-electron chi connectivity index (χ2n) is 24.2. The molecule has 0 N–H and O–H groups in total. The summed E-state index contributed by atoms with van der Waals surface area (Å²) < 4.78 is 23.5. The Morgan fingerprint density at radius 2 is 0.531 bits per heavy atom. The average Bonchev–Trinajstić information content (AvgIpc) is 3.95. The smallest absolute Gasteiger partial charge is 0.124 e. The first-order valence-electron chi connectivity index (χ1n) is 22.8. The predicted octanol–water partition coefficient (Wildman–Crippen LogP) is 10.1. The van der Waals surface area contributed by atoms with Crippen LogP contribution in [0.1, 0.15) is 154 Å². The third-order valence-electron chi connectivity index (χ3n) is 21.2. The third kappa shape index (κ3) is 3.75. The van der Waals surface area contributed by atoms with Gasteiger partial charge in [0.2, 0.25) is 0 Å². The highest BCUT2D eigenvalue weighted by atomic mass is 16.7. The van der Waals surface area contributed by atoms with Gasteiger partial charge in [-0.1, -0.05) is 0 Å².